The summed E-state index contributed by atoms with van der Waals surface area (Å²) in [5, 5.41) is 7.34. The predicted octanol–water partition coefficient (Wildman–Crippen LogP) is 1.05. The largest absolute Gasteiger partial charge is 0.381 e. The van der Waals surface area contributed by atoms with Gasteiger partial charge in [0.1, 0.15) is 5.82 Å². The Morgan fingerprint density at radius 1 is 1.36 bits per heavy atom. The molecule has 14 heavy (non-hydrogen) atoms. The third kappa shape index (κ3) is 1.71. The van der Waals surface area contributed by atoms with Crippen LogP contribution in [-0.2, 0) is 6.54 Å². The lowest BCUT2D eigenvalue weighted by Gasteiger charge is -2.01. The highest BCUT2D eigenvalue weighted by molar-refractivity contribution is 5.22. The monoisotopic (exact) mass is 192 g/mol. The van der Waals surface area contributed by atoms with Gasteiger partial charge in [0.05, 0.1) is 12.7 Å². The number of anilines is 1. The molecular weight excluding hydrogens is 183 g/mol. The Morgan fingerprint density at radius 2 is 2.14 bits per heavy atom. The van der Waals surface area contributed by atoms with Gasteiger partial charge in [-0.1, -0.05) is 23.4 Å². The molecule has 0 bridgehead atoms. The fourth-order valence-corrected chi connectivity index (χ4v) is 1.19. The van der Waals surface area contributed by atoms with Gasteiger partial charge < -0.3 is 5.73 Å². The van der Waals surface area contributed by atoms with E-state index in [9.17, 15) is 4.39 Å². The molecule has 2 N–H and O–H groups in total. The van der Waals surface area contributed by atoms with Crippen LogP contribution in [0.15, 0.2) is 30.5 Å². The van der Waals surface area contributed by atoms with Crippen LogP contribution < -0.4 is 5.73 Å². The summed E-state index contributed by atoms with van der Waals surface area (Å²) in [4.78, 5) is 0. The van der Waals surface area contributed by atoms with E-state index >= 15 is 0 Å². The van der Waals surface area contributed by atoms with Crippen LogP contribution in [0.4, 0.5) is 10.2 Å². The number of hydrogen-bond donors (Lipinski definition) is 1. The van der Waals surface area contributed by atoms with Gasteiger partial charge in [-0.3, -0.25) is 0 Å². The molecule has 0 fully saturated rings. The van der Waals surface area contributed by atoms with E-state index in [1.807, 2.05) is 0 Å². The second-order valence-electron chi connectivity index (χ2n) is 2.93. The topological polar surface area (TPSA) is 56.7 Å². The second kappa shape index (κ2) is 3.45. The molecule has 72 valence electrons. The lowest BCUT2D eigenvalue weighted by molar-refractivity contribution is 0.577. The van der Waals surface area contributed by atoms with Crippen LogP contribution >= 0.6 is 0 Å². The Morgan fingerprint density at radius 3 is 2.79 bits per heavy atom. The van der Waals surface area contributed by atoms with E-state index in [1.54, 1.807) is 24.4 Å². The van der Waals surface area contributed by atoms with E-state index in [-0.39, 0.29) is 5.82 Å². The fourth-order valence-electron chi connectivity index (χ4n) is 1.19. The first-order valence-electron chi connectivity index (χ1n) is 4.15. The third-order valence-corrected chi connectivity index (χ3v) is 1.85. The number of benzene rings is 1. The molecule has 2 aromatic rings. The average molecular weight is 192 g/mol. The van der Waals surface area contributed by atoms with Gasteiger partial charge >= 0.3 is 0 Å². The van der Waals surface area contributed by atoms with Crippen LogP contribution in [0.3, 0.4) is 0 Å². The van der Waals surface area contributed by atoms with Gasteiger partial charge in [0.15, 0.2) is 5.82 Å². The Hall–Kier alpha value is -1.91. The van der Waals surface area contributed by atoms with E-state index < -0.39 is 0 Å². The van der Waals surface area contributed by atoms with Crippen molar-refractivity contribution >= 4 is 5.82 Å². The summed E-state index contributed by atoms with van der Waals surface area (Å²) >= 11 is 0. The van der Waals surface area contributed by atoms with Crippen molar-refractivity contribution in [3.05, 3.63) is 41.8 Å². The fraction of sp³-hybridized carbons (Fsp3) is 0.111. The Balaban J connectivity index is 2.23. The number of aromatic nitrogens is 3. The quantitative estimate of drug-likeness (QED) is 0.773. The number of nitrogens with zero attached hydrogens (tertiary/aromatic N) is 3. The SMILES string of the molecule is Nc1cn(Cc2ccccc2F)nn1. The summed E-state index contributed by atoms with van der Waals surface area (Å²) in [6.07, 6.45) is 1.56. The van der Waals surface area contributed by atoms with Crippen LogP contribution in [0.5, 0.6) is 0 Å². The summed E-state index contributed by atoms with van der Waals surface area (Å²) in [6.45, 7) is 0.344. The zero-order valence-corrected chi connectivity index (χ0v) is 7.39. The Labute approximate surface area is 80.2 Å². The molecule has 4 nitrogen and oxygen atoms in total. The van der Waals surface area contributed by atoms with Crippen LogP contribution in [0.25, 0.3) is 0 Å². The maximum atomic E-state index is 13.2. The average Bonchev–Trinajstić information content (AvgIpc) is 2.56. The minimum atomic E-state index is -0.249. The Bertz CT molecular complexity index is 438. The van der Waals surface area contributed by atoms with Crippen molar-refractivity contribution in [2.24, 2.45) is 0 Å². The third-order valence-electron chi connectivity index (χ3n) is 1.85. The normalized spacial score (nSPS) is 10.4. The molecule has 0 amide bonds. The molecule has 0 aliphatic carbocycles. The molecule has 0 saturated heterocycles. The molecule has 1 aromatic carbocycles. The molecule has 2 rings (SSSR count). The van der Waals surface area contributed by atoms with Crippen LogP contribution in [-0.4, -0.2) is 15.0 Å². The van der Waals surface area contributed by atoms with Gasteiger partial charge in [-0.25, -0.2) is 9.07 Å². The smallest absolute Gasteiger partial charge is 0.165 e. The number of hydrogen-bond acceptors (Lipinski definition) is 3. The molecule has 0 saturated carbocycles. The molecule has 1 aromatic heterocycles. The molecule has 0 spiro atoms. The van der Waals surface area contributed by atoms with Crippen molar-refractivity contribution in [1.82, 2.24) is 15.0 Å². The van der Waals surface area contributed by atoms with E-state index in [1.165, 1.54) is 10.7 Å². The highest BCUT2D eigenvalue weighted by atomic mass is 19.1. The van der Waals surface area contributed by atoms with Crippen molar-refractivity contribution in [3.8, 4) is 0 Å². The maximum Gasteiger partial charge on any atom is 0.165 e. The highest BCUT2D eigenvalue weighted by Crippen LogP contribution is 2.08. The van der Waals surface area contributed by atoms with Crippen molar-refractivity contribution in [2.75, 3.05) is 5.73 Å². The predicted molar refractivity (Wildman–Crippen MR) is 49.9 cm³/mol. The van der Waals surface area contributed by atoms with Crippen molar-refractivity contribution in [2.45, 2.75) is 6.54 Å². The van der Waals surface area contributed by atoms with Gasteiger partial charge in [0.2, 0.25) is 0 Å². The molecule has 0 radical (unpaired) electrons. The van der Waals surface area contributed by atoms with Gasteiger partial charge in [-0.15, -0.1) is 5.10 Å². The van der Waals surface area contributed by atoms with E-state index in [4.69, 9.17) is 5.73 Å². The number of rotatable bonds is 2. The summed E-state index contributed by atoms with van der Waals surface area (Å²) in [6, 6.07) is 6.54. The number of nitrogens with two attached hydrogens (primary N) is 1. The molecule has 5 heteroatoms. The van der Waals surface area contributed by atoms with Gasteiger partial charge in [0.25, 0.3) is 0 Å². The van der Waals surface area contributed by atoms with E-state index in [2.05, 4.69) is 10.3 Å². The minimum Gasteiger partial charge on any atom is -0.381 e. The van der Waals surface area contributed by atoms with Crippen molar-refractivity contribution in [1.29, 1.82) is 0 Å². The van der Waals surface area contributed by atoms with E-state index in [0.717, 1.165) is 0 Å². The Kier molecular flexibility index (Phi) is 2.14. The highest BCUT2D eigenvalue weighted by Gasteiger charge is 2.02. The standard InChI is InChI=1S/C9H9FN4/c10-8-4-2-1-3-7(8)5-14-6-9(11)12-13-14/h1-4,6H,5,11H2. The molecular formula is C9H9FN4. The molecule has 0 unspecified atom stereocenters. The van der Waals surface area contributed by atoms with E-state index in [0.29, 0.717) is 17.9 Å². The number of halogens is 1. The molecule has 0 atom stereocenters. The first-order chi connectivity index (χ1) is 6.75. The van der Waals surface area contributed by atoms with Gasteiger partial charge in [-0.05, 0) is 6.07 Å². The second-order valence-corrected chi connectivity index (χ2v) is 2.93. The summed E-state index contributed by atoms with van der Waals surface area (Å²) in [7, 11) is 0. The van der Waals surface area contributed by atoms with Crippen LogP contribution in [0.2, 0.25) is 0 Å². The summed E-state index contributed by atoms with van der Waals surface area (Å²) < 4.78 is 14.7. The first-order valence-corrected chi connectivity index (χ1v) is 4.15. The lowest BCUT2D eigenvalue weighted by Crippen LogP contribution is -2.02. The lowest BCUT2D eigenvalue weighted by atomic mass is 10.2. The molecule has 0 aliphatic rings. The van der Waals surface area contributed by atoms with Crippen molar-refractivity contribution in [3.63, 3.8) is 0 Å². The summed E-state index contributed by atoms with van der Waals surface area (Å²) in [5.41, 5.74) is 5.95. The van der Waals surface area contributed by atoms with Crippen LogP contribution in [0.1, 0.15) is 5.56 Å². The summed E-state index contributed by atoms with van der Waals surface area (Å²) in [5.74, 6) is 0.0860. The van der Waals surface area contributed by atoms with Gasteiger partial charge in [-0.2, -0.15) is 0 Å². The molecule has 1 heterocycles. The van der Waals surface area contributed by atoms with Crippen molar-refractivity contribution < 1.29 is 4.39 Å². The zero-order valence-electron chi connectivity index (χ0n) is 7.39. The number of nitrogen functional groups attached to an aromatic ring is 1. The maximum absolute atomic E-state index is 13.2. The first kappa shape index (κ1) is 8.68. The minimum absolute atomic E-state index is 0.249. The zero-order chi connectivity index (χ0) is 9.97. The van der Waals surface area contributed by atoms with Crippen LogP contribution in [0, 0.1) is 5.82 Å². The molecule has 0 aliphatic heterocycles. The van der Waals surface area contributed by atoms with Gasteiger partial charge in [0, 0.05) is 5.56 Å².